The quantitative estimate of drug-likeness (QED) is 0.0252. The van der Waals surface area contributed by atoms with Crippen LogP contribution < -0.4 is 34.8 Å². The molecule has 0 fully saturated rings. The Labute approximate surface area is 666 Å². The summed E-state index contributed by atoms with van der Waals surface area (Å²) in [5.74, 6) is 4.68. The van der Waals surface area contributed by atoms with Crippen LogP contribution >= 0.6 is 0 Å². The SMILES string of the molecule is C=CCN(C)c1nc(N(CC)CC=C)nc(N(CC)CC=C)n1.C=CCN(CC)c1nc(N(C)CC2=C(c3ccc(C([O][AlH2])[O][AlH2])cc3)NN=C(c3ccc(C([O][AlH2])[O][AlH2])cc3)C2)nc(N(CC)CC=C)n1.N#N.[AlH2][O]C([O][AlH2])c1ccc(-c2nnc(-c3ccc(C([O][AlH2])[O][AlH2])cc3)nn2)cc1. The van der Waals surface area contributed by atoms with Gasteiger partial charge < -0.3 is 59.7 Å². The van der Waals surface area contributed by atoms with E-state index in [0.717, 1.165) is 87.7 Å². The molecule has 0 unspecified atom stereocenters. The van der Waals surface area contributed by atoms with Crippen molar-refractivity contribution in [3.05, 3.63) is 199 Å². The van der Waals surface area contributed by atoms with Crippen molar-refractivity contribution in [2.75, 3.05) is 109 Å². The molecule has 0 aliphatic carbocycles. The van der Waals surface area contributed by atoms with Crippen molar-refractivity contribution >= 4 is 180 Å². The van der Waals surface area contributed by atoms with Crippen LogP contribution in [0, 0.1) is 10.8 Å². The van der Waals surface area contributed by atoms with Gasteiger partial charge in [0.2, 0.25) is 47.3 Å². The van der Waals surface area contributed by atoms with Crippen molar-refractivity contribution in [2.45, 2.75) is 59.3 Å². The number of hydrazone groups is 1. The van der Waals surface area contributed by atoms with Gasteiger partial charge in [0, 0.05) is 130 Å². The van der Waals surface area contributed by atoms with E-state index in [1.807, 2.05) is 97.9 Å². The summed E-state index contributed by atoms with van der Waals surface area (Å²) in [5.41, 5.74) is 14.1. The number of anilines is 6. The van der Waals surface area contributed by atoms with Crippen molar-refractivity contribution in [1.82, 2.24) is 55.7 Å². The van der Waals surface area contributed by atoms with Crippen molar-refractivity contribution in [1.29, 1.82) is 10.8 Å². The fraction of sp³-hybridized carbons (Fsp3) is 0.318. The summed E-state index contributed by atoms with van der Waals surface area (Å²) in [7, 11) is 3.96. The minimum atomic E-state index is -0.320. The van der Waals surface area contributed by atoms with Gasteiger partial charge in [0.15, 0.2) is 0 Å². The van der Waals surface area contributed by atoms with Gasteiger partial charge in [-0.2, -0.15) is 35.0 Å². The van der Waals surface area contributed by atoms with Crippen LogP contribution in [0.25, 0.3) is 28.5 Å². The number of benzene rings is 4. The lowest BCUT2D eigenvalue weighted by atomic mass is 9.95. The van der Waals surface area contributed by atoms with Crippen molar-refractivity contribution in [3.63, 3.8) is 0 Å². The van der Waals surface area contributed by atoms with E-state index in [1.165, 1.54) is 0 Å². The van der Waals surface area contributed by atoms with Gasteiger partial charge in [-0.15, -0.1) is 53.3 Å². The highest BCUT2D eigenvalue weighted by Crippen LogP contribution is 2.31. The van der Waals surface area contributed by atoms with Crippen LogP contribution in [0.15, 0.2) is 171 Å². The third kappa shape index (κ3) is 25.0. The third-order valence-electron chi connectivity index (χ3n) is 15.9. The smallest absolute Gasteiger partial charge is 0.413 e. The molecule has 7 aromatic rings. The summed E-state index contributed by atoms with van der Waals surface area (Å²) in [6.07, 6.45) is 8.68. The van der Waals surface area contributed by atoms with E-state index >= 15 is 0 Å². The van der Waals surface area contributed by atoms with Crippen LogP contribution in [-0.2, 0) is 30.3 Å². The molecule has 0 spiro atoms. The standard InChI is InChI=1S/C33H38N8O4.C17H28N6.C16H10N4O4.8Al.N2.16H/c1-6-18-40(8-3)32-34-31(35-33(36-32)41(9-4)19-7-2)39(5)21-26-20-27(22-10-14-24(15-11-22)29(42)43)37-38-28(26)23-12-16-25(17-13-23)30(44)45;1-7-12-21(6)15-18-16(22(10-4)13-8-2)20-17(19-15)23(11-5)14-9-3;21-15(22)11-5-1-9(2-6-11)13-17-19-14(20-18-13)10-3-7-12(8-4-10)16(23)24;;;;;;;;;1-2;;;;;;;;;;;;;;;;/h6-7,10-17,29-30,38H,1-2,8-9,18-21H2,3-5H3;7-9H,1-3,10-14H2,4-6H3;1-8,15-16H;;;;;;;;;;;;;;;;;;;;;;;;;/q-4;;-4;8*+1;;;;;;;;;;;;;;;;;. The van der Waals surface area contributed by atoms with Crippen LogP contribution in [0.2, 0.25) is 0 Å². The predicted octanol–water partition coefficient (Wildman–Crippen LogP) is 2.80. The molecule has 102 heavy (non-hydrogen) atoms. The zero-order chi connectivity index (χ0) is 74.5. The number of nitrogens with zero attached hydrogens (tertiary/aromatic N) is 19. The molecular formula is C66H92Al8N20O8. The summed E-state index contributed by atoms with van der Waals surface area (Å²) in [4.78, 5) is 40.9. The largest absolute Gasteiger partial charge is 0.483 e. The Morgan fingerprint density at radius 3 is 0.931 bits per heavy atom. The number of hydrogen-bond acceptors (Lipinski definition) is 28. The second kappa shape index (κ2) is 47.4. The van der Waals surface area contributed by atoms with Gasteiger partial charge >= 0.3 is 133 Å². The average molecular weight is 1510 g/mol. The Kier molecular flexibility index (Phi) is 40.2. The highest BCUT2D eigenvalue weighted by atomic mass is 27.1. The minimum absolute atomic E-state index is 0.282. The zero-order valence-electron chi connectivity index (χ0n) is 61.5. The van der Waals surface area contributed by atoms with Gasteiger partial charge in [0.25, 0.3) is 0 Å². The molecule has 4 aromatic carbocycles. The van der Waals surface area contributed by atoms with Crippen LogP contribution in [0.4, 0.5) is 35.7 Å². The number of likely N-dealkylation sites (N-methyl/N-ethyl adjacent to an activating group) is 6. The Hall–Kier alpha value is -6.09. The summed E-state index contributed by atoms with van der Waals surface area (Å²) >= 11 is 4.86. The molecule has 0 saturated heterocycles. The highest BCUT2D eigenvalue weighted by molar-refractivity contribution is 6.04. The summed E-state index contributed by atoms with van der Waals surface area (Å²) in [5, 5.41) is 33.7. The molecule has 0 amide bonds. The molecule has 28 nitrogen and oxygen atoms in total. The normalized spacial score (nSPS) is 11.5. The van der Waals surface area contributed by atoms with Gasteiger partial charge in [0.05, 0.1) is 11.4 Å². The summed E-state index contributed by atoms with van der Waals surface area (Å²) in [6.45, 7) is 34.5. The van der Waals surface area contributed by atoms with Crippen LogP contribution in [0.3, 0.4) is 0 Å². The van der Waals surface area contributed by atoms with E-state index in [-0.39, 0.29) is 25.2 Å². The van der Waals surface area contributed by atoms with Gasteiger partial charge in [-0.05, 0) is 44.4 Å². The first-order chi connectivity index (χ1) is 49.6. The van der Waals surface area contributed by atoms with E-state index in [1.54, 1.807) is 0 Å². The summed E-state index contributed by atoms with van der Waals surface area (Å²) in [6, 6.07) is 32.0. The fourth-order valence-electron chi connectivity index (χ4n) is 10.5. The topological polar surface area (TPSA) is 294 Å². The molecule has 4 heterocycles. The van der Waals surface area contributed by atoms with E-state index in [2.05, 4.69) is 174 Å². The number of hydrogen-bond donors (Lipinski definition) is 1. The molecule has 0 saturated carbocycles. The van der Waals surface area contributed by atoms with Crippen molar-refractivity contribution in [3.8, 4) is 22.8 Å². The molecule has 1 aliphatic rings. The van der Waals surface area contributed by atoms with Gasteiger partial charge in [0.1, 0.15) is 25.2 Å². The predicted molar refractivity (Wildman–Crippen MR) is 423 cm³/mol. The molecule has 0 atom stereocenters. The maximum absolute atomic E-state index is 6.00. The Morgan fingerprint density at radius 1 is 0.392 bits per heavy atom. The van der Waals surface area contributed by atoms with Crippen LogP contribution in [-0.4, -0.2) is 269 Å². The lowest BCUT2D eigenvalue weighted by Gasteiger charge is -2.28. The molecule has 3 aromatic heterocycles. The highest BCUT2D eigenvalue weighted by Gasteiger charge is 2.25. The van der Waals surface area contributed by atoms with Crippen molar-refractivity contribution < 1.29 is 30.3 Å². The average Bonchev–Trinajstić information content (AvgIpc) is 0.792. The van der Waals surface area contributed by atoms with E-state index < -0.39 is 0 Å². The first-order valence-electron chi connectivity index (χ1n) is 33.1. The lowest BCUT2D eigenvalue weighted by Crippen LogP contribution is -2.32. The molecular weight excluding hydrogens is 1420 g/mol. The first-order valence-corrected chi connectivity index (χ1v) is 39.6. The molecule has 1 N–H and O–H groups in total. The van der Waals surface area contributed by atoms with E-state index in [9.17, 15) is 0 Å². The molecule has 0 radical (unpaired) electrons. The lowest BCUT2D eigenvalue weighted by molar-refractivity contribution is 0.0178. The van der Waals surface area contributed by atoms with Crippen LogP contribution in [0.1, 0.15) is 92.7 Å². The Balaban J connectivity index is 0.000000298. The Bertz CT molecular complexity index is 3650. The van der Waals surface area contributed by atoms with Crippen LogP contribution in [0.5, 0.6) is 0 Å². The number of nitrogens with one attached hydrogen (secondary N) is 1. The maximum atomic E-state index is 6.00. The first kappa shape index (κ1) is 86.6. The summed E-state index contributed by atoms with van der Waals surface area (Å²) < 4.78 is 44.2. The molecule has 36 heteroatoms. The second-order valence-corrected chi connectivity index (χ2v) is 26.2. The van der Waals surface area contributed by atoms with E-state index in [0.29, 0.717) is 226 Å². The van der Waals surface area contributed by atoms with Gasteiger partial charge in [-0.3, -0.25) is 5.43 Å². The second-order valence-electron chi connectivity index (χ2n) is 22.4. The van der Waals surface area contributed by atoms with Gasteiger partial charge in [-0.1, -0.05) is 127 Å². The minimum Gasteiger partial charge on any atom is -0.483 e. The zero-order valence-corrected chi connectivity index (χ0v) is 77.5. The molecule has 1 aliphatic heterocycles. The monoisotopic (exact) mass is 1510 g/mol. The Morgan fingerprint density at radius 2 is 0.657 bits per heavy atom. The molecule has 0 bridgehead atoms. The maximum Gasteiger partial charge on any atom is 0.413 e. The van der Waals surface area contributed by atoms with E-state index in [4.69, 9.17) is 61.1 Å². The van der Waals surface area contributed by atoms with Crippen molar-refractivity contribution in [2.24, 2.45) is 5.10 Å². The van der Waals surface area contributed by atoms with Gasteiger partial charge in [-0.25, -0.2) is 0 Å². The number of rotatable bonds is 38. The fourth-order valence-corrected chi connectivity index (χ4v) is 15.8. The molecule has 528 valence electrons. The molecule has 8 rings (SSSR count). The number of aromatic nitrogens is 10. The third-order valence-corrected chi connectivity index (χ3v) is 19.3.